The average Bonchev–Trinajstić information content (AvgIpc) is 2.23. The monoisotopic (exact) mass is 287 g/mol. The molecule has 0 saturated carbocycles. The Hall–Kier alpha value is -0.120. The molecule has 0 amide bonds. The second kappa shape index (κ2) is 7.24. The van der Waals surface area contributed by atoms with Crippen LogP contribution in [0.1, 0.15) is 68.7 Å². The molecule has 3 heteroatoms. The Kier molecular flexibility index (Phi) is 7.19. The van der Waals surface area contributed by atoms with Gasteiger partial charge in [0.25, 0.3) is 0 Å². The van der Waals surface area contributed by atoms with E-state index in [4.69, 9.17) is 15.2 Å². The molecule has 0 aliphatic rings. The maximum Gasteiger partial charge on any atom is 0.0680 e. The first-order chi connectivity index (χ1) is 8.85. The van der Waals surface area contributed by atoms with E-state index in [0.717, 1.165) is 19.6 Å². The molecule has 0 fully saturated rings. The van der Waals surface area contributed by atoms with Crippen molar-refractivity contribution in [3.8, 4) is 0 Å². The SMILES string of the molecule is CCOC(C)(C)C(C)(C)C(C)COC(C)(C)CC(C)N. The predicted molar refractivity (Wildman–Crippen MR) is 86.9 cm³/mol. The molecule has 3 nitrogen and oxygen atoms in total. The zero-order valence-corrected chi connectivity index (χ0v) is 15.2. The summed E-state index contributed by atoms with van der Waals surface area (Å²) in [5.41, 5.74) is 5.57. The number of ether oxygens (including phenoxy) is 2. The molecule has 0 aromatic heterocycles. The van der Waals surface area contributed by atoms with Gasteiger partial charge in [-0.1, -0.05) is 20.8 Å². The van der Waals surface area contributed by atoms with Gasteiger partial charge in [0.05, 0.1) is 17.8 Å². The zero-order chi connectivity index (χ0) is 16.2. The molecule has 0 saturated heterocycles. The van der Waals surface area contributed by atoms with Gasteiger partial charge >= 0.3 is 0 Å². The Balaban J connectivity index is 4.64. The molecule has 0 aromatic rings. The standard InChI is InChI=1S/C17H37NO2/c1-10-19-17(8,9)16(6,7)13(2)12-20-15(4,5)11-14(3)18/h13-14H,10-12,18H2,1-9H3. The third-order valence-electron chi connectivity index (χ3n) is 4.83. The predicted octanol–water partition coefficient (Wildman–Crippen LogP) is 4.00. The highest BCUT2D eigenvalue weighted by Crippen LogP contribution is 2.41. The zero-order valence-electron chi connectivity index (χ0n) is 15.2. The van der Waals surface area contributed by atoms with Gasteiger partial charge in [-0.25, -0.2) is 0 Å². The number of hydrogen-bond donors (Lipinski definition) is 1. The van der Waals surface area contributed by atoms with Crippen molar-refractivity contribution in [2.75, 3.05) is 13.2 Å². The minimum absolute atomic E-state index is 0.0351. The fourth-order valence-electron chi connectivity index (χ4n) is 2.53. The number of nitrogens with two attached hydrogens (primary N) is 1. The summed E-state index contributed by atoms with van der Waals surface area (Å²) in [7, 11) is 0. The largest absolute Gasteiger partial charge is 0.375 e. The molecule has 0 aliphatic heterocycles. The lowest BCUT2D eigenvalue weighted by Gasteiger charge is -2.46. The van der Waals surface area contributed by atoms with Crippen LogP contribution in [0.25, 0.3) is 0 Å². The molecular weight excluding hydrogens is 250 g/mol. The van der Waals surface area contributed by atoms with Crippen LogP contribution in [-0.2, 0) is 9.47 Å². The van der Waals surface area contributed by atoms with Crippen LogP contribution in [0.5, 0.6) is 0 Å². The second-order valence-corrected chi connectivity index (χ2v) is 7.82. The van der Waals surface area contributed by atoms with Gasteiger partial charge in [0.15, 0.2) is 0 Å². The highest BCUT2D eigenvalue weighted by Gasteiger charge is 2.42. The molecule has 0 rings (SSSR count). The highest BCUT2D eigenvalue weighted by atomic mass is 16.5. The molecule has 2 unspecified atom stereocenters. The number of hydrogen-bond acceptors (Lipinski definition) is 3. The first-order valence-corrected chi connectivity index (χ1v) is 7.89. The van der Waals surface area contributed by atoms with Crippen LogP contribution in [0.3, 0.4) is 0 Å². The van der Waals surface area contributed by atoms with E-state index in [0.29, 0.717) is 5.92 Å². The maximum atomic E-state index is 6.13. The quantitative estimate of drug-likeness (QED) is 0.697. The summed E-state index contributed by atoms with van der Waals surface area (Å²) in [6, 6.07) is 0.160. The molecule has 0 heterocycles. The van der Waals surface area contributed by atoms with E-state index in [-0.39, 0.29) is 22.7 Å². The first-order valence-electron chi connectivity index (χ1n) is 7.89. The van der Waals surface area contributed by atoms with Crippen molar-refractivity contribution in [3.05, 3.63) is 0 Å². The Bertz CT molecular complexity index is 283. The lowest BCUT2D eigenvalue weighted by molar-refractivity contribution is -0.138. The third kappa shape index (κ3) is 5.71. The van der Waals surface area contributed by atoms with E-state index in [1.54, 1.807) is 0 Å². The van der Waals surface area contributed by atoms with Gasteiger partial charge in [-0.05, 0) is 59.3 Å². The van der Waals surface area contributed by atoms with Crippen LogP contribution in [0.15, 0.2) is 0 Å². The van der Waals surface area contributed by atoms with Crippen LogP contribution in [0.4, 0.5) is 0 Å². The van der Waals surface area contributed by atoms with Crippen molar-refractivity contribution in [1.29, 1.82) is 0 Å². The smallest absolute Gasteiger partial charge is 0.0680 e. The normalized spacial score (nSPS) is 17.1. The lowest BCUT2D eigenvalue weighted by Crippen LogP contribution is -2.48. The van der Waals surface area contributed by atoms with Crippen molar-refractivity contribution in [1.82, 2.24) is 0 Å². The van der Waals surface area contributed by atoms with Gasteiger partial charge in [0, 0.05) is 12.6 Å². The van der Waals surface area contributed by atoms with Crippen molar-refractivity contribution in [2.24, 2.45) is 17.1 Å². The van der Waals surface area contributed by atoms with Crippen molar-refractivity contribution < 1.29 is 9.47 Å². The van der Waals surface area contributed by atoms with Gasteiger partial charge in [-0.15, -0.1) is 0 Å². The summed E-state index contributed by atoms with van der Waals surface area (Å²) in [6.07, 6.45) is 0.870. The molecule has 0 bridgehead atoms. The maximum absolute atomic E-state index is 6.13. The summed E-state index contributed by atoms with van der Waals surface area (Å²) in [5.74, 6) is 0.399. The molecule has 0 spiro atoms. The molecule has 122 valence electrons. The fraction of sp³-hybridized carbons (Fsp3) is 1.00. The van der Waals surface area contributed by atoms with Crippen molar-refractivity contribution >= 4 is 0 Å². The third-order valence-corrected chi connectivity index (χ3v) is 4.83. The summed E-state index contributed by atoms with van der Waals surface area (Å²) in [6.45, 7) is 20.9. The van der Waals surface area contributed by atoms with Crippen LogP contribution >= 0.6 is 0 Å². The van der Waals surface area contributed by atoms with Crippen molar-refractivity contribution in [2.45, 2.75) is 86.0 Å². The Labute approximate surface area is 126 Å². The van der Waals surface area contributed by atoms with Gasteiger partial charge in [-0.3, -0.25) is 0 Å². The van der Waals surface area contributed by atoms with Gasteiger partial charge in [0.2, 0.25) is 0 Å². The lowest BCUT2D eigenvalue weighted by atomic mass is 9.68. The molecule has 0 radical (unpaired) electrons. The van der Waals surface area contributed by atoms with E-state index in [1.165, 1.54) is 0 Å². The number of rotatable bonds is 9. The summed E-state index contributed by atoms with van der Waals surface area (Å²) in [4.78, 5) is 0. The molecule has 2 atom stereocenters. The Morgan fingerprint density at radius 2 is 1.45 bits per heavy atom. The van der Waals surface area contributed by atoms with E-state index in [2.05, 4.69) is 48.5 Å². The van der Waals surface area contributed by atoms with Crippen LogP contribution in [-0.4, -0.2) is 30.5 Å². The van der Waals surface area contributed by atoms with Crippen molar-refractivity contribution in [3.63, 3.8) is 0 Å². The van der Waals surface area contributed by atoms with E-state index in [1.807, 2.05) is 13.8 Å². The summed E-state index contributed by atoms with van der Waals surface area (Å²) in [5, 5.41) is 0. The molecule has 2 N–H and O–H groups in total. The van der Waals surface area contributed by atoms with Crippen LogP contribution in [0.2, 0.25) is 0 Å². The Morgan fingerprint density at radius 3 is 1.85 bits per heavy atom. The van der Waals surface area contributed by atoms with E-state index in [9.17, 15) is 0 Å². The minimum atomic E-state index is -0.172. The Morgan fingerprint density at radius 1 is 0.950 bits per heavy atom. The minimum Gasteiger partial charge on any atom is -0.375 e. The molecule has 0 aromatic carbocycles. The topological polar surface area (TPSA) is 44.5 Å². The van der Waals surface area contributed by atoms with Crippen LogP contribution < -0.4 is 5.73 Å². The highest BCUT2D eigenvalue weighted by molar-refractivity contribution is 4.91. The summed E-state index contributed by atoms with van der Waals surface area (Å²) >= 11 is 0. The second-order valence-electron chi connectivity index (χ2n) is 7.82. The molecule has 20 heavy (non-hydrogen) atoms. The first kappa shape index (κ1) is 19.9. The van der Waals surface area contributed by atoms with E-state index < -0.39 is 0 Å². The van der Waals surface area contributed by atoms with E-state index >= 15 is 0 Å². The van der Waals surface area contributed by atoms with Gasteiger partial charge < -0.3 is 15.2 Å². The fourth-order valence-corrected chi connectivity index (χ4v) is 2.53. The molecular formula is C17H37NO2. The van der Waals surface area contributed by atoms with Gasteiger partial charge in [0.1, 0.15) is 0 Å². The van der Waals surface area contributed by atoms with Gasteiger partial charge in [-0.2, -0.15) is 0 Å². The average molecular weight is 287 g/mol. The summed E-state index contributed by atoms with van der Waals surface area (Å²) < 4.78 is 12.1. The van der Waals surface area contributed by atoms with Crippen LogP contribution in [0, 0.1) is 11.3 Å². The molecule has 0 aliphatic carbocycles.